The largest absolute Gasteiger partial charge is 0.487 e. The molecular weight excluding hydrogens is 238 g/mol. The quantitative estimate of drug-likeness (QED) is 0.773. The van der Waals surface area contributed by atoms with Crippen molar-refractivity contribution in [2.75, 3.05) is 31.1 Å². The van der Waals surface area contributed by atoms with Crippen LogP contribution in [0.2, 0.25) is 0 Å². The molecule has 0 unspecified atom stereocenters. The lowest BCUT2D eigenvalue weighted by molar-refractivity contribution is 0.140. The van der Waals surface area contributed by atoms with E-state index in [4.69, 9.17) is 4.74 Å². The molecule has 1 fully saturated rings. The zero-order valence-electron chi connectivity index (χ0n) is 12.3. The van der Waals surface area contributed by atoms with E-state index in [-0.39, 0.29) is 0 Å². The highest BCUT2D eigenvalue weighted by Crippen LogP contribution is 2.37. The first-order valence-corrected chi connectivity index (χ1v) is 7.17. The average molecular weight is 261 g/mol. The summed E-state index contributed by atoms with van der Waals surface area (Å²) in [7, 11) is 0. The topological polar surface area (TPSA) is 28.6 Å². The number of aromatic nitrogens is 1. The van der Waals surface area contributed by atoms with Crippen LogP contribution in [0.3, 0.4) is 0 Å². The molecule has 2 aliphatic rings. The van der Waals surface area contributed by atoms with Crippen molar-refractivity contribution < 1.29 is 4.74 Å². The van der Waals surface area contributed by atoms with Gasteiger partial charge in [-0.15, -0.1) is 0 Å². The summed E-state index contributed by atoms with van der Waals surface area (Å²) in [6.45, 7) is 12.8. The molecular formula is C15H23N3O. The SMILES string of the molecule is Cc1cnc2c(c1C)OC[C@@H]1CN(C(C)C)CCN21. The number of ether oxygens (including phenoxy) is 1. The van der Waals surface area contributed by atoms with E-state index in [0.717, 1.165) is 37.8 Å². The molecule has 0 saturated carbocycles. The summed E-state index contributed by atoms with van der Waals surface area (Å²) in [6, 6.07) is 1.05. The van der Waals surface area contributed by atoms with Crippen LogP contribution in [-0.2, 0) is 0 Å². The van der Waals surface area contributed by atoms with Crippen LogP contribution >= 0.6 is 0 Å². The van der Waals surface area contributed by atoms with Gasteiger partial charge in [-0.3, -0.25) is 4.90 Å². The number of fused-ring (bicyclic) bond motifs is 3. The Hall–Kier alpha value is -1.29. The van der Waals surface area contributed by atoms with Crippen molar-refractivity contribution in [3.63, 3.8) is 0 Å². The Morgan fingerprint density at radius 2 is 2.11 bits per heavy atom. The summed E-state index contributed by atoms with van der Waals surface area (Å²) >= 11 is 0. The molecule has 0 radical (unpaired) electrons. The molecule has 0 N–H and O–H groups in total. The minimum Gasteiger partial charge on any atom is -0.487 e. The maximum Gasteiger partial charge on any atom is 0.172 e. The maximum absolute atomic E-state index is 6.00. The first-order chi connectivity index (χ1) is 9.08. The number of hydrogen-bond donors (Lipinski definition) is 0. The zero-order valence-corrected chi connectivity index (χ0v) is 12.3. The predicted molar refractivity (Wildman–Crippen MR) is 77.0 cm³/mol. The molecule has 3 heterocycles. The Bertz CT molecular complexity index is 487. The second kappa shape index (κ2) is 4.67. The summed E-state index contributed by atoms with van der Waals surface area (Å²) in [4.78, 5) is 9.58. The van der Waals surface area contributed by atoms with Crippen LogP contribution in [0.1, 0.15) is 25.0 Å². The Kier molecular flexibility index (Phi) is 3.13. The highest BCUT2D eigenvalue weighted by molar-refractivity contribution is 5.60. The number of anilines is 1. The van der Waals surface area contributed by atoms with Gasteiger partial charge in [0.1, 0.15) is 6.61 Å². The third-order valence-corrected chi connectivity index (χ3v) is 4.45. The molecule has 1 saturated heterocycles. The lowest BCUT2D eigenvalue weighted by Crippen LogP contribution is -2.58. The van der Waals surface area contributed by atoms with Crippen LogP contribution in [0.5, 0.6) is 5.75 Å². The first-order valence-electron chi connectivity index (χ1n) is 7.17. The van der Waals surface area contributed by atoms with E-state index in [0.29, 0.717) is 12.1 Å². The van der Waals surface area contributed by atoms with E-state index < -0.39 is 0 Å². The van der Waals surface area contributed by atoms with Gasteiger partial charge in [0, 0.05) is 31.9 Å². The molecule has 0 aromatic carbocycles. The number of nitrogens with zero attached hydrogens (tertiary/aromatic N) is 3. The van der Waals surface area contributed by atoms with Gasteiger partial charge in [-0.1, -0.05) is 0 Å². The molecule has 0 amide bonds. The van der Waals surface area contributed by atoms with Crippen LogP contribution in [-0.4, -0.2) is 48.2 Å². The number of hydrogen-bond acceptors (Lipinski definition) is 4. The van der Waals surface area contributed by atoms with Crippen LogP contribution in [0.15, 0.2) is 6.20 Å². The molecule has 104 valence electrons. The van der Waals surface area contributed by atoms with Crippen LogP contribution < -0.4 is 9.64 Å². The molecule has 19 heavy (non-hydrogen) atoms. The molecule has 1 aromatic heterocycles. The highest BCUT2D eigenvalue weighted by atomic mass is 16.5. The molecule has 4 nitrogen and oxygen atoms in total. The molecule has 1 atom stereocenters. The molecule has 2 aliphatic heterocycles. The molecule has 3 rings (SSSR count). The highest BCUT2D eigenvalue weighted by Gasteiger charge is 2.35. The average Bonchev–Trinajstić information content (AvgIpc) is 2.41. The van der Waals surface area contributed by atoms with Gasteiger partial charge in [0.2, 0.25) is 0 Å². The summed E-state index contributed by atoms with van der Waals surface area (Å²) in [6.07, 6.45) is 1.97. The Morgan fingerprint density at radius 1 is 1.32 bits per heavy atom. The van der Waals surface area contributed by atoms with E-state index in [9.17, 15) is 0 Å². The van der Waals surface area contributed by atoms with Gasteiger partial charge in [0.15, 0.2) is 11.6 Å². The number of piperazine rings is 1. The Labute approximate surface area is 115 Å². The van der Waals surface area contributed by atoms with Gasteiger partial charge in [0.25, 0.3) is 0 Å². The maximum atomic E-state index is 6.00. The zero-order chi connectivity index (χ0) is 13.6. The lowest BCUT2D eigenvalue weighted by atomic mass is 10.1. The number of pyridine rings is 1. The molecule has 0 aliphatic carbocycles. The fourth-order valence-corrected chi connectivity index (χ4v) is 2.99. The molecule has 0 spiro atoms. The standard InChI is InChI=1S/C15H23N3O/c1-10(2)17-5-6-18-13(8-17)9-19-14-12(4)11(3)7-16-15(14)18/h7,10,13H,5-6,8-9H2,1-4H3/t13-/m0/s1. The fourth-order valence-electron chi connectivity index (χ4n) is 2.99. The van der Waals surface area contributed by atoms with E-state index in [1.807, 2.05) is 6.20 Å². The second-order valence-electron chi connectivity index (χ2n) is 5.97. The van der Waals surface area contributed by atoms with Crippen LogP contribution in [0.4, 0.5) is 5.82 Å². The fraction of sp³-hybridized carbons (Fsp3) is 0.667. The second-order valence-corrected chi connectivity index (χ2v) is 5.97. The van der Waals surface area contributed by atoms with Gasteiger partial charge >= 0.3 is 0 Å². The third-order valence-electron chi connectivity index (χ3n) is 4.45. The lowest BCUT2D eigenvalue weighted by Gasteiger charge is -2.46. The molecule has 1 aromatic rings. The predicted octanol–water partition coefficient (Wildman–Crippen LogP) is 1.99. The Balaban J connectivity index is 1.89. The smallest absolute Gasteiger partial charge is 0.172 e. The van der Waals surface area contributed by atoms with E-state index >= 15 is 0 Å². The van der Waals surface area contributed by atoms with Crippen molar-refractivity contribution in [2.24, 2.45) is 0 Å². The summed E-state index contributed by atoms with van der Waals surface area (Å²) in [5.74, 6) is 2.04. The minimum atomic E-state index is 0.443. The minimum absolute atomic E-state index is 0.443. The van der Waals surface area contributed by atoms with Crippen LogP contribution in [0.25, 0.3) is 0 Å². The van der Waals surface area contributed by atoms with Gasteiger partial charge in [-0.05, 0) is 38.8 Å². The first kappa shape index (κ1) is 12.7. The molecule has 4 heteroatoms. The van der Waals surface area contributed by atoms with Crippen molar-refractivity contribution in [3.05, 3.63) is 17.3 Å². The van der Waals surface area contributed by atoms with Crippen molar-refractivity contribution >= 4 is 5.82 Å². The van der Waals surface area contributed by atoms with Gasteiger partial charge in [-0.25, -0.2) is 4.98 Å². The van der Waals surface area contributed by atoms with Crippen molar-refractivity contribution in [1.29, 1.82) is 0 Å². The van der Waals surface area contributed by atoms with E-state index in [1.165, 1.54) is 11.1 Å². The summed E-state index contributed by atoms with van der Waals surface area (Å²) < 4.78 is 6.00. The van der Waals surface area contributed by atoms with Crippen molar-refractivity contribution in [2.45, 2.75) is 39.8 Å². The number of aryl methyl sites for hydroxylation is 1. The van der Waals surface area contributed by atoms with E-state index in [2.05, 4.69) is 42.5 Å². The number of rotatable bonds is 1. The van der Waals surface area contributed by atoms with Crippen LogP contribution in [0, 0.1) is 13.8 Å². The van der Waals surface area contributed by atoms with Crippen molar-refractivity contribution in [3.8, 4) is 5.75 Å². The summed E-state index contributed by atoms with van der Waals surface area (Å²) in [5, 5.41) is 0. The van der Waals surface area contributed by atoms with Gasteiger partial charge in [-0.2, -0.15) is 0 Å². The van der Waals surface area contributed by atoms with Gasteiger partial charge < -0.3 is 9.64 Å². The third kappa shape index (κ3) is 2.08. The summed E-state index contributed by atoms with van der Waals surface area (Å²) in [5.41, 5.74) is 2.44. The monoisotopic (exact) mass is 261 g/mol. The molecule has 0 bridgehead atoms. The van der Waals surface area contributed by atoms with Crippen molar-refractivity contribution in [1.82, 2.24) is 9.88 Å². The normalized spacial score (nSPS) is 23.0. The Morgan fingerprint density at radius 3 is 2.84 bits per heavy atom. The van der Waals surface area contributed by atoms with Gasteiger partial charge in [0.05, 0.1) is 6.04 Å². The van der Waals surface area contributed by atoms with E-state index in [1.54, 1.807) is 0 Å².